The number of hydrogen-bond acceptors (Lipinski definition) is 3. The van der Waals surface area contributed by atoms with Crippen LogP contribution in [0.3, 0.4) is 0 Å². The van der Waals surface area contributed by atoms with E-state index in [1.165, 1.54) is 12.1 Å². The Kier molecular flexibility index (Phi) is 5.57. The van der Waals surface area contributed by atoms with Crippen LogP contribution in [0.25, 0.3) is 0 Å². The molecule has 2 N–H and O–H groups in total. The summed E-state index contributed by atoms with van der Waals surface area (Å²) in [6.45, 7) is 1.79. The maximum atomic E-state index is 12.5. The molecule has 3 aromatic rings. The van der Waals surface area contributed by atoms with E-state index in [-0.39, 0.29) is 4.90 Å². The Morgan fingerprint density at radius 1 is 0.815 bits per heavy atom. The fourth-order valence-corrected chi connectivity index (χ4v) is 3.79. The van der Waals surface area contributed by atoms with Gasteiger partial charge in [0.15, 0.2) is 0 Å². The van der Waals surface area contributed by atoms with Gasteiger partial charge < -0.3 is 5.32 Å². The number of hydrogen-bond donors (Lipinski definition) is 2. The minimum Gasteiger partial charge on any atom is -0.326 e. The molecule has 0 spiro atoms. The zero-order valence-electron chi connectivity index (χ0n) is 14.8. The normalized spacial score (nSPS) is 11.2. The van der Waals surface area contributed by atoms with E-state index in [0.717, 1.165) is 16.7 Å². The number of sulfonamides is 1. The topological polar surface area (TPSA) is 75.3 Å². The third kappa shape index (κ3) is 4.74. The molecule has 6 heteroatoms. The Hall–Kier alpha value is -3.12. The highest BCUT2D eigenvalue weighted by Crippen LogP contribution is 2.21. The van der Waals surface area contributed by atoms with Crippen LogP contribution in [-0.2, 0) is 10.0 Å². The van der Waals surface area contributed by atoms with Gasteiger partial charge in [0, 0.05) is 0 Å². The summed E-state index contributed by atoms with van der Waals surface area (Å²) in [6, 6.07) is 23.9. The van der Waals surface area contributed by atoms with Gasteiger partial charge in [0.05, 0.1) is 10.9 Å². The van der Waals surface area contributed by atoms with Crippen molar-refractivity contribution in [2.24, 2.45) is 0 Å². The molecule has 3 rings (SSSR count). The van der Waals surface area contributed by atoms with E-state index in [2.05, 4.69) is 10.0 Å². The largest absolute Gasteiger partial charge is 0.329 e. The van der Waals surface area contributed by atoms with Gasteiger partial charge in [-0.25, -0.2) is 17.9 Å². The van der Waals surface area contributed by atoms with Crippen molar-refractivity contribution in [1.29, 1.82) is 0 Å². The van der Waals surface area contributed by atoms with Gasteiger partial charge in [-0.05, 0) is 35.7 Å². The number of rotatable bonds is 5. The molecule has 0 aliphatic carbocycles. The van der Waals surface area contributed by atoms with Gasteiger partial charge in [-0.2, -0.15) is 0 Å². The number of amides is 2. The Bertz CT molecular complexity index is 980. The van der Waals surface area contributed by atoms with Gasteiger partial charge in [0.2, 0.25) is 0 Å². The second-order valence-electron chi connectivity index (χ2n) is 6.15. The molecule has 0 unspecified atom stereocenters. The standard InChI is InChI=1S/C21H20N2O3S/c1-16-9-8-14-19(15-16)27(25,26)23-21(24)22-20(17-10-4-2-5-11-17)18-12-6-3-7-13-18/h2-15,20H,1H3,(H2,22,23,24). The molecule has 0 bridgehead atoms. The number of benzene rings is 3. The fourth-order valence-electron chi connectivity index (χ4n) is 2.77. The molecular formula is C21H20N2O3S. The van der Waals surface area contributed by atoms with Crippen LogP contribution in [0.5, 0.6) is 0 Å². The van der Waals surface area contributed by atoms with E-state index in [1.807, 2.05) is 60.7 Å². The second kappa shape index (κ2) is 8.05. The first-order chi connectivity index (χ1) is 13.0. The summed E-state index contributed by atoms with van der Waals surface area (Å²) in [5.41, 5.74) is 2.50. The van der Waals surface area contributed by atoms with Crippen molar-refractivity contribution in [3.63, 3.8) is 0 Å². The van der Waals surface area contributed by atoms with Crippen LogP contribution in [0.4, 0.5) is 4.79 Å². The molecule has 0 saturated carbocycles. The molecule has 5 nitrogen and oxygen atoms in total. The number of carbonyl (C=O) groups excluding carboxylic acids is 1. The van der Waals surface area contributed by atoms with E-state index in [9.17, 15) is 13.2 Å². The van der Waals surface area contributed by atoms with Crippen LogP contribution >= 0.6 is 0 Å². The molecule has 0 heterocycles. The minimum absolute atomic E-state index is 0.0497. The van der Waals surface area contributed by atoms with Crippen LogP contribution in [0.15, 0.2) is 89.8 Å². The maximum Gasteiger partial charge on any atom is 0.329 e. The predicted octanol–water partition coefficient (Wildman–Crippen LogP) is 3.77. The van der Waals surface area contributed by atoms with Crippen molar-refractivity contribution in [1.82, 2.24) is 10.0 Å². The molecule has 138 valence electrons. The van der Waals surface area contributed by atoms with Gasteiger partial charge in [0.25, 0.3) is 10.0 Å². The lowest BCUT2D eigenvalue weighted by Crippen LogP contribution is -2.41. The highest BCUT2D eigenvalue weighted by atomic mass is 32.2. The third-order valence-electron chi connectivity index (χ3n) is 4.07. The van der Waals surface area contributed by atoms with E-state index < -0.39 is 22.1 Å². The molecule has 0 fully saturated rings. The summed E-state index contributed by atoms with van der Waals surface area (Å²) in [6.07, 6.45) is 0. The van der Waals surface area contributed by atoms with E-state index in [4.69, 9.17) is 0 Å². The number of nitrogens with one attached hydrogen (secondary N) is 2. The summed E-state index contributed by atoms with van der Waals surface area (Å²) < 4.78 is 27.0. The van der Waals surface area contributed by atoms with Gasteiger partial charge >= 0.3 is 6.03 Å². The van der Waals surface area contributed by atoms with E-state index in [0.29, 0.717) is 0 Å². The summed E-state index contributed by atoms with van der Waals surface area (Å²) in [5.74, 6) is 0. The Labute approximate surface area is 159 Å². The van der Waals surface area contributed by atoms with Crippen LogP contribution in [0.1, 0.15) is 22.7 Å². The van der Waals surface area contributed by atoms with Gasteiger partial charge in [0.1, 0.15) is 0 Å². The molecule has 27 heavy (non-hydrogen) atoms. The molecule has 0 radical (unpaired) electrons. The van der Waals surface area contributed by atoms with Crippen molar-refractivity contribution in [3.8, 4) is 0 Å². The van der Waals surface area contributed by atoms with E-state index in [1.54, 1.807) is 19.1 Å². The van der Waals surface area contributed by atoms with Crippen LogP contribution in [0.2, 0.25) is 0 Å². The van der Waals surface area contributed by atoms with Gasteiger partial charge in [-0.1, -0.05) is 72.8 Å². The lowest BCUT2D eigenvalue weighted by Gasteiger charge is -2.20. The number of aryl methyl sites for hydroxylation is 1. The van der Waals surface area contributed by atoms with Crippen molar-refractivity contribution in [2.75, 3.05) is 0 Å². The lowest BCUT2D eigenvalue weighted by molar-refractivity contribution is 0.243. The molecule has 3 aromatic carbocycles. The smallest absolute Gasteiger partial charge is 0.326 e. The molecule has 0 atom stereocenters. The van der Waals surface area contributed by atoms with Crippen LogP contribution < -0.4 is 10.0 Å². The highest BCUT2D eigenvalue weighted by Gasteiger charge is 2.21. The van der Waals surface area contributed by atoms with Crippen molar-refractivity contribution in [2.45, 2.75) is 17.9 Å². The summed E-state index contributed by atoms with van der Waals surface area (Å²) in [4.78, 5) is 12.5. The summed E-state index contributed by atoms with van der Waals surface area (Å²) in [5, 5.41) is 2.76. The minimum atomic E-state index is -3.95. The predicted molar refractivity (Wildman–Crippen MR) is 105 cm³/mol. The Morgan fingerprint density at radius 2 is 1.37 bits per heavy atom. The average molecular weight is 380 g/mol. The average Bonchev–Trinajstić information content (AvgIpc) is 2.67. The SMILES string of the molecule is Cc1cccc(S(=O)(=O)NC(=O)NC(c2ccccc2)c2ccccc2)c1. The van der Waals surface area contributed by atoms with Crippen molar-refractivity contribution < 1.29 is 13.2 Å². The number of urea groups is 1. The Balaban J connectivity index is 1.83. The van der Waals surface area contributed by atoms with Gasteiger partial charge in [-0.15, -0.1) is 0 Å². The molecule has 0 aliphatic rings. The highest BCUT2D eigenvalue weighted by molar-refractivity contribution is 7.90. The van der Waals surface area contributed by atoms with Crippen molar-refractivity contribution in [3.05, 3.63) is 102 Å². The molecule has 0 aliphatic heterocycles. The Morgan fingerprint density at radius 3 is 1.89 bits per heavy atom. The molecular weight excluding hydrogens is 360 g/mol. The fraction of sp³-hybridized carbons (Fsp3) is 0.0952. The summed E-state index contributed by atoms with van der Waals surface area (Å²) in [7, 11) is -3.95. The van der Waals surface area contributed by atoms with Crippen molar-refractivity contribution >= 4 is 16.1 Å². The van der Waals surface area contributed by atoms with Crippen LogP contribution in [-0.4, -0.2) is 14.4 Å². The second-order valence-corrected chi connectivity index (χ2v) is 7.83. The third-order valence-corrected chi connectivity index (χ3v) is 5.40. The summed E-state index contributed by atoms with van der Waals surface area (Å²) >= 11 is 0. The van der Waals surface area contributed by atoms with Crippen LogP contribution in [0, 0.1) is 6.92 Å². The van der Waals surface area contributed by atoms with Gasteiger partial charge in [-0.3, -0.25) is 0 Å². The quantitative estimate of drug-likeness (QED) is 0.707. The first-order valence-corrected chi connectivity index (χ1v) is 9.94. The molecule has 0 aromatic heterocycles. The maximum absolute atomic E-state index is 12.5. The first kappa shape index (κ1) is 18.7. The first-order valence-electron chi connectivity index (χ1n) is 8.45. The van der Waals surface area contributed by atoms with E-state index >= 15 is 0 Å². The monoisotopic (exact) mass is 380 g/mol. The molecule has 0 saturated heterocycles. The zero-order valence-corrected chi connectivity index (χ0v) is 15.6. The molecule has 2 amide bonds. The number of carbonyl (C=O) groups is 1. The lowest BCUT2D eigenvalue weighted by atomic mass is 9.99. The zero-order chi connectivity index (χ0) is 19.3.